The maximum atomic E-state index is 11.5. The molecule has 5 heteroatoms. The zero-order chi connectivity index (χ0) is 14.2. The zero-order valence-corrected chi connectivity index (χ0v) is 11.3. The van der Waals surface area contributed by atoms with E-state index in [-0.39, 0.29) is 6.61 Å². The molecule has 2 aromatic rings. The molecule has 0 radical (unpaired) electrons. The van der Waals surface area contributed by atoms with Crippen molar-refractivity contribution in [3.63, 3.8) is 0 Å². The predicted octanol–water partition coefficient (Wildman–Crippen LogP) is 2.36. The minimum Gasteiger partial charge on any atom is -0.445 e. The number of ether oxygens (including phenoxy) is 1. The Labute approximate surface area is 117 Å². The third kappa shape index (κ3) is 4.28. The predicted molar refractivity (Wildman–Crippen MR) is 76.9 cm³/mol. The van der Waals surface area contributed by atoms with E-state index >= 15 is 0 Å². The highest BCUT2D eigenvalue weighted by atomic mass is 16.5. The van der Waals surface area contributed by atoms with Gasteiger partial charge in [0.15, 0.2) is 0 Å². The summed E-state index contributed by atoms with van der Waals surface area (Å²) in [5, 5.41) is 2.66. The van der Waals surface area contributed by atoms with Crippen LogP contribution >= 0.6 is 0 Å². The topological polar surface area (TPSA) is 56.2 Å². The number of hydrogen-bond donors (Lipinski definition) is 1. The molecule has 1 amide bonds. The highest BCUT2D eigenvalue weighted by Crippen LogP contribution is 2.01. The number of carbonyl (C=O) groups is 1. The van der Waals surface area contributed by atoms with E-state index in [1.807, 2.05) is 54.1 Å². The van der Waals surface area contributed by atoms with Crippen LogP contribution in [0.25, 0.3) is 6.08 Å². The molecule has 1 N–H and O–H groups in total. The molecular formula is C15H17N3O2. The SMILES string of the molecule is Cn1cncc1C=CCNC(=O)OCc1ccccc1. The molecule has 0 saturated heterocycles. The summed E-state index contributed by atoms with van der Waals surface area (Å²) in [5.41, 5.74) is 1.94. The molecule has 1 aromatic carbocycles. The molecule has 0 aliphatic heterocycles. The first-order valence-corrected chi connectivity index (χ1v) is 6.33. The maximum absolute atomic E-state index is 11.5. The van der Waals surface area contributed by atoms with Gasteiger partial charge < -0.3 is 14.6 Å². The minimum absolute atomic E-state index is 0.276. The molecule has 0 saturated carbocycles. The van der Waals surface area contributed by atoms with Gasteiger partial charge in [-0.25, -0.2) is 9.78 Å². The van der Waals surface area contributed by atoms with Gasteiger partial charge in [0.05, 0.1) is 18.2 Å². The van der Waals surface area contributed by atoms with Gasteiger partial charge in [-0.15, -0.1) is 0 Å². The molecule has 0 bridgehead atoms. The summed E-state index contributed by atoms with van der Waals surface area (Å²) in [6, 6.07) is 9.57. The van der Waals surface area contributed by atoms with Gasteiger partial charge in [-0.2, -0.15) is 0 Å². The maximum Gasteiger partial charge on any atom is 0.407 e. The van der Waals surface area contributed by atoms with Gasteiger partial charge in [-0.3, -0.25) is 0 Å². The number of hydrogen-bond acceptors (Lipinski definition) is 3. The first-order valence-electron chi connectivity index (χ1n) is 6.33. The van der Waals surface area contributed by atoms with Crippen LogP contribution in [0.2, 0.25) is 0 Å². The normalized spacial score (nSPS) is 10.7. The molecule has 0 aliphatic rings. The number of alkyl carbamates (subject to hydrolysis) is 1. The highest BCUT2D eigenvalue weighted by Gasteiger charge is 2.00. The smallest absolute Gasteiger partial charge is 0.407 e. The summed E-state index contributed by atoms with van der Waals surface area (Å²) >= 11 is 0. The van der Waals surface area contributed by atoms with Crippen LogP contribution in [0, 0.1) is 0 Å². The molecule has 1 aromatic heterocycles. The summed E-state index contributed by atoms with van der Waals surface area (Å²) in [7, 11) is 1.91. The van der Waals surface area contributed by atoms with Crippen LogP contribution < -0.4 is 5.32 Å². The number of aryl methyl sites for hydroxylation is 1. The quantitative estimate of drug-likeness (QED) is 0.908. The third-order valence-corrected chi connectivity index (χ3v) is 2.72. The average Bonchev–Trinajstić information content (AvgIpc) is 2.88. The van der Waals surface area contributed by atoms with Crippen molar-refractivity contribution in [3.05, 3.63) is 60.2 Å². The Morgan fingerprint density at radius 1 is 1.40 bits per heavy atom. The number of nitrogens with zero attached hydrogens (tertiary/aromatic N) is 2. The van der Waals surface area contributed by atoms with E-state index in [4.69, 9.17) is 4.74 Å². The summed E-state index contributed by atoms with van der Waals surface area (Å²) in [4.78, 5) is 15.5. The van der Waals surface area contributed by atoms with Gasteiger partial charge in [0.25, 0.3) is 0 Å². The van der Waals surface area contributed by atoms with Crippen molar-refractivity contribution < 1.29 is 9.53 Å². The number of amides is 1. The summed E-state index contributed by atoms with van der Waals surface area (Å²) in [5.74, 6) is 0. The van der Waals surface area contributed by atoms with Crippen LogP contribution in [0.15, 0.2) is 48.9 Å². The second-order valence-corrected chi connectivity index (χ2v) is 4.27. The van der Waals surface area contributed by atoms with E-state index in [0.29, 0.717) is 6.54 Å². The molecule has 0 spiro atoms. The number of imidazole rings is 1. The van der Waals surface area contributed by atoms with Gasteiger partial charge in [0.2, 0.25) is 0 Å². The first-order chi connectivity index (χ1) is 9.75. The Morgan fingerprint density at radius 2 is 2.20 bits per heavy atom. The van der Waals surface area contributed by atoms with Gasteiger partial charge in [0.1, 0.15) is 6.61 Å². The van der Waals surface area contributed by atoms with Crippen molar-refractivity contribution in [1.29, 1.82) is 0 Å². The van der Waals surface area contributed by atoms with E-state index < -0.39 is 6.09 Å². The minimum atomic E-state index is -0.427. The standard InChI is InChI=1S/C15H17N3O2/c1-18-12-16-10-14(18)8-5-9-17-15(19)20-11-13-6-3-2-4-7-13/h2-8,10,12H,9,11H2,1H3,(H,17,19). The monoisotopic (exact) mass is 271 g/mol. The lowest BCUT2D eigenvalue weighted by Crippen LogP contribution is -2.24. The summed E-state index contributed by atoms with van der Waals surface area (Å²) in [6.45, 7) is 0.691. The van der Waals surface area contributed by atoms with Gasteiger partial charge in [0, 0.05) is 13.6 Å². The van der Waals surface area contributed by atoms with Crippen LogP contribution in [-0.4, -0.2) is 22.2 Å². The van der Waals surface area contributed by atoms with Gasteiger partial charge >= 0.3 is 6.09 Å². The Kier molecular flexibility index (Phi) is 4.94. The second-order valence-electron chi connectivity index (χ2n) is 4.27. The van der Waals surface area contributed by atoms with Crippen molar-refractivity contribution in [2.45, 2.75) is 6.61 Å². The van der Waals surface area contributed by atoms with Crippen LogP contribution in [0.5, 0.6) is 0 Å². The fourth-order valence-electron chi connectivity index (χ4n) is 1.62. The Balaban J connectivity index is 1.68. The summed E-state index contributed by atoms with van der Waals surface area (Å²) < 4.78 is 6.98. The van der Waals surface area contributed by atoms with Crippen molar-refractivity contribution in [2.24, 2.45) is 7.05 Å². The number of benzene rings is 1. The van der Waals surface area contributed by atoms with Crippen LogP contribution in [0.4, 0.5) is 4.79 Å². The highest BCUT2D eigenvalue weighted by molar-refractivity contribution is 5.67. The number of carbonyl (C=O) groups excluding carboxylic acids is 1. The van der Waals surface area contributed by atoms with Crippen LogP contribution in [0.1, 0.15) is 11.3 Å². The summed E-state index contributed by atoms with van der Waals surface area (Å²) in [6.07, 6.45) is 6.79. The number of rotatable bonds is 5. The first kappa shape index (κ1) is 13.9. The van der Waals surface area contributed by atoms with E-state index in [9.17, 15) is 4.79 Å². The molecule has 20 heavy (non-hydrogen) atoms. The number of aromatic nitrogens is 2. The number of nitrogens with one attached hydrogen (secondary N) is 1. The average molecular weight is 271 g/mol. The van der Waals surface area contributed by atoms with E-state index in [2.05, 4.69) is 10.3 Å². The molecule has 0 unspecified atom stereocenters. The molecular weight excluding hydrogens is 254 g/mol. The fraction of sp³-hybridized carbons (Fsp3) is 0.200. The van der Waals surface area contributed by atoms with Crippen molar-refractivity contribution in [1.82, 2.24) is 14.9 Å². The largest absolute Gasteiger partial charge is 0.445 e. The molecule has 0 atom stereocenters. The van der Waals surface area contributed by atoms with E-state index in [1.54, 1.807) is 12.5 Å². The Morgan fingerprint density at radius 3 is 2.90 bits per heavy atom. The Bertz CT molecular complexity index is 576. The van der Waals surface area contributed by atoms with Gasteiger partial charge in [-0.1, -0.05) is 36.4 Å². The van der Waals surface area contributed by atoms with Gasteiger partial charge in [-0.05, 0) is 11.6 Å². The van der Waals surface area contributed by atoms with Crippen molar-refractivity contribution >= 4 is 12.2 Å². The molecule has 0 fully saturated rings. The van der Waals surface area contributed by atoms with E-state index in [1.165, 1.54) is 0 Å². The third-order valence-electron chi connectivity index (χ3n) is 2.72. The molecule has 104 valence electrons. The van der Waals surface area contributed by atoms with Crippen LogP contribution in [0.3, 0.4) is 0 Å². The molecule has 1 heterocycles. The Hall–Kier alpha value is -2.56. The zero-order valence-electron chi connectivity index (χ0n) is 11.3. The molecule has 5 nitrogen and oxygen atoms in total. The molecule has 0 aliphatic carbocycles. The lowest BCUT2D eigenvalue weighted by Gasteiger charge is -2.05. The van der Waals surface area contributed by atoms with Crippen molar-refractivity contribution in [3.8, 4) is 0 Å². The molecule has 2 rings (SSSR count). The fourth-order valence-corrected chi connectivity index (χ4v) is 1.62. The van der Waals surface area contributed by atoms with Crippen molar-refractivity contribution in [2.75, 3.05) is 6.54 Å². The lowest BCUT2D eigenvalue weighted by atomic mass is 10.2. The second kappa shape index (κ2) is 7.13. The van der Waals surface area contributed by atoms with Crippen LogP contribution in [-0.2, 0) is 18.4 Å². The lowest BCUT2D eigenvalue weighted by molar-refractivity contribution is 0.141. The van der Waals surface area contributed by atoms with E-state index in [0.717, 1.165) is 11.3 Å².